The first-order chi connectivity index (χ1) is 12.1. The second-order valence-corrected chi connectivity index (χ2v) is 6.64. The van der Waals surface area contributed by atoms with Gasteiger partial charge in [-0.1, -0.05) is 60.3 Å². The predicted molar refractivity (Wildman–Crippen MR) is 98.1 cm³/mol. The first-order valence-electron chi connectivity index (χ1n) is 7.93. The van der Waals surface area contributed by atoms with E-state index in [2.05, 4.69) is 10.2 Å². The largest absolute Gasteiger partial charge is 0.411 e. The Bertz CT molecular complexity index is 849. The molecule has 1 heterocycles. The summed E-state index contributed by atoms with van der Waals surface area (Å²) in [6.45, 7) is 2.58. The molecule has 0 saturated carbocycles. The van der Waals surface area contributed by atoms with Crippen LogP contribution in [0.15, 0.2) is 64.2 Å². The number of benzene rings is 2. The summed E-state index contributed by atoms with van der Waals surface area (Å²) in [6, 6.07) is 17.7. The van der Waals surface area contributed by atoms with Crippen LogP contribution in [0.25, 0.3) is 11.5 Å². The number of rotatable bonds is 6. The van der Waals surface area contributed by atoms with Crippen LogP contribution >= 0.6 is 11.8 Å². The van der Waals surface area contributed by atoms with E-state index in [1.165, 1.54) is 11.8 Å². The minimum absolute atomic E-state index is 0.0181. The minimum Gasteiger partial charge on any atom is -0.411 e. The highest BCUT2D eigenvalue weighted by Crippen LogP contribution is 2.25. The highest BCUT2D eigenvalue weighted by molar-refractivity contribution is 7.99. The van der Waals surface area contributed by atoms with Gasteiger partial charge in [-0.3, -0.25) is 4.79 Å². The quantitative estimate of drug-likeness (QED) is 0.631. The molecule has 0 fully saturated rings. The van der Waals surface area contributed by atoms with Gasteiger partial charge in [-0.15, -0.1) is 10.2 Å². The van der Waals surface area contributed by atoms with Crippen LogP contribution in [0.3, 0.4) is 0 Å². The molecular formula is C19H19N3O2S. The molecule has 128 valence electrons. The topological polar surface area (TPSA) is 59.2 Å². The molecule has 1 amide bonds. The van der Waals surface area contributed by atoms with Crippen LogP contribution in [0, 0.1) is 6.92 Å². The maximum Gasteiger partial charge on any atom is 0.277 e. The summed E-state index contributed by atoms with van der Waals surface area (Å²) in [5.41, 5.74) is 3.08. The number of nitrogens with zero attached hydrogens (tertiary/aromatic N) is 3. The van der Waals surface area contributed by atoms with Gasteiger partial charge in [0, 0.05) is 19.2 Å². The zero-order valence-corrected chi connectivity index (χ0v) is 15.0. The Morgan fingerprint density at radius 3 is 2.56 bits per heavy atom. The van der Waals surface area contributed by atoms with Crippen LogP contribution in [0.1, 0.15) is 11.1 Å². The van der Waals surface area contributed by atoms with Crippen LogP contribution in [-0.2, 0) is 11.3 Å². The number of hydrogen-bond acceptors (Lipinski definition) is 5. The third-order valence-corrected chi connectivity index (χ3v) is 4.59. The molecule has 0 spiro atoms. The van der Waals surface area contributed by atoms with Crippen molar-refractivity contribution in [2.45, 2.75) is 18.7 Å². The molecule has 0 radical (unpaired) electrons. The van der Waals surface area contributed by atoms with E-state index in [0.29, 0.717) is 17.7 Å². The molecule has 1 aromatic heterocycles. The van der Waals surface area contributed by atoms with Crippen molar-refractivity contribution in [2.75, 3.05) is 12.8 Å². The Labute approximate surface area is 151 Å². The molecule has 0 N–H and O–H groups in total. The number of aryl methyl sites for hydroxylation is 1. The van der Waals surface area contributed by atoms with Crippen molar-refractivity contribution in [1.82, 2.24) is 15.1 Å². The lowest BCUT2D eigenvalue weighted by atomic mass is 10.1. The molecule has 0 atom stereocenters. The van der Waals surface area contributed by atoms with Crippen molar-refractivity contribution in [3.05, 3.63) is 65.7 Å². The summed E-state index contributed by atoms with van der Waals surface area (Å²) >= 11 is 1.26. The fraction of sp³-hybridized carbons (Fsp3) is 0.211. The van der Waals surface area contributed by atoms with E-state index < -0.39 is 0 Å². The summed E-state index contributed by atoms with van der Waals surface area (Å²) in [5.74, 6) is 0.758. The molecule has 6 heteroatoms. The van der Waals surface area contributed by atoms with E-state index >= 15 is 0 Å². The van der Waals surface area contributed by atoms with Gasteiger partial charge in [0.15, 0.2) is 0 Å². The van der Waals surface area contributed by atoms with Gasteiger partial charge < -0.3 is 9.32 Å². The second kappa shape index (κ2) is 7.98. The van der Waals surface area contributed by atoms with E-state index in [1.54, 1.807) is 11.9 Å². The van der Waals surface area contributed by atoms with Crippen molar-refractivity contribution in [3.8, 4) is 11.5 Å². The van der Waals surface area contributed by atoms with Gasteiger partial charge in [-0.05, 0) is 24.1 Å². The summed E-state index contributed by atoms with van der Waals surface area (Å²) in [4.78, 5) is 14.0. The Morgan fingerprint density at radius 2 is 1.80 bits per heavy atom. The normalized spacial score (nSPS) is 10.6. The predicted octanol–water partition coefficient (Wildman–Crippen LogP) is 3.80. The zero-order valence-electron chi connectivity index (χ0n) is 14.2. The van der Waals surface area contributed by atoms with Crippen LogP contribution < -0.4 is 0 Å². The fourth-order valence-corrected chi connectivity index (χ4v) is 3.07. The van der Waals surface area contributed by atoms with E-state index in [4.69, 9.17) is 4.42 Å². The molecule has 0 aliphatic carbocycles. The molecule has 0 unspecified atom stereocenters. The lowest BCUT2D eigenvalue weighted by Crippen LogP contribution is -2.27. The molecular weight excluding hydrogens is 334 g/mol. The van der Waals surface area contributed by atoms with E-state index in [1.807, 2.05) is 61.5 Å². The van der Waals surface area contributed by atoms with Crippen molar-refractivity contribution in [2.24, 2.45) is 0 Å². The molecule has 25 heavy (non-hydrogen) atoms. The smallest absolute Gasteiger partial charge is 0.277 e. The van der Waals surface area contributed by atoms with Crippen molar-refractivity contribution in [3.63, 3.8) is 0 Å². The van der Waals surface area contributed by atoms with Crippen molar-refractivity contribution >= 4 is 17.7 Å². The molecule has 0 bridgehead atoms. The lowest BCUT2D eigenvalue weighted by Gasteiger charge is -2.16. The number of thioether (sulfide) groups is 1. The van der Waals surface area contributed by atoms with Gasteiger partial charge >= 0.3 is 0 Å². The van der Waals surface area contributed by atoms with Crippen LogP contribution in [-0.4, -0.2) is 33.8 Å². The summed E-state index contributed by atoms with van der Waals surface area (Å²) in [6.07, 6.45) is 0. The van der Waals surface area contributed by atoms with Gasteiger partial charge in [-0.2, -0.15) is 0 Å². The first kappa shape index (κ1) is 17.2. The van der Waals surface area contributed by atoms with Crippen LogP contribution in [0.4, 0.5) is 0 Å². The average Bonchev–Trinajstić information content (AvgIpc) is 3.09. The van der Waals surface area contributed by atoms with Crippen LogP contribution in [0.5, 0.6) is 0 Å². The molecule has 0 aliphatic rings. The van der Waals surface area contributed by atoms with E-state index in [0.717, 1.165) is 16.7 Å². The molecule has 0 saturated heterocycles. The fourth-order valence-electron chi connectivity index (χ4n) is 2.37. The van der Waals surface area contributed by atoms with Gasteiger partial charge in [0.2, 0.25) is 11.8 Å². The first-order valence-corrected chi connectivity index (χ1v) is 8.92. The number of amides is 1. The third kappa shape index (κ3) is 4.48. The summed E-state index contributed by atoms with van der Waals surface area (Å²) in [5, 5.41) is 8.50. The molecule has 0 aliphatic heterocycles. The Balaban J connectivity index is 1.57. The molecule has 3 aromatic rings. The molecule has 3 rings (SSSR count). The van der Waals surface area contributed by atoms with E-state index in [-0.39, 0.29) is 11.7 Å². The van der Waals surface area contributed by atoms with Gasteiger partial charge in [-0.25, -0.2) is 0 Å². The molecule has 5 nitrogen and oxygen atoms in total. The standard InChI is InChI=1S/C19H19N3O2S/c1-14-8-6-7-11-16(14)18-20-21-19(24-18)25-13-17(23)22(2)12-15-9-4-3-5-10-15/h3-11H,12-13H2,1-2H3. The SMILES string of the molecule is Cc1ccccc1-c1nnc(SCC(=O)N(C)Cc2ccccc2)o1. The Morgan fingerprint density at radius 1 is 1.08 bits per heavy atom. The summed E-state index contributed by atoms with van der Waals surface area (Å²) < 4.78 is 5.67. The highest BCUT2D eigenvalue weighted by atomic mass is 32.2. The third-order valence-electron chi connectivity index (χ3n) is 3.79. The average molecular weight is 353 g/mol. The number of hydrogen-bond donors (Lipinski definition) is 0. The summed E-state index contributed by atoms with van der Waals surface area (Å²) in [7, 11) is 1.79. The second-order valence-electron chi connectivity index (χ2n) is 5.71. The number of aromatic nitrogens is 2. The van der Waals surface area contributed by atoms with Gasteiger partial charge in [0.25, 0.3) is 5.22 Å². The lowest BCUT2D eigenvalue weighted by molar-refractivity contribution is -0.127. The molecule has 2 aromatic carbocycles. The number of carbonyl (C=O) groups is 1. The van der Waals surface area contributed by atoms with Crippen molar-refractivity contribution < 1.29 is 9.21 Å². The van der Waals surface area contributed by atoms with Gasteiger partial charge in [0.05, 0.1) is 5.75 Å². The number of carbonyl (C=O) groups excluding carboxylic acids is 1. The minimum atomic E-state index is 0.0181. The maximum atomic E-state index is 12.3. The maximum absolute atomic E-state index is 12.3. The van der Waals surface area contributed by atoms with Gasteiger partial charge in [0.1, 0.15) is 0 Å². The zero-order chi connectivity index (χ0) is 17.6. The van der Waals surface area contributed by atoms with Crippen molar-refractivity contribution in [1.29, 1.82) is 0 Å². The Hall–Kier alpha value is -2.60. The monoisotopic (exact) mass is 353 g/mol. The van der Waals surface area contributed by atoms with E-state index in [9.17, 15) is 4.79 Å². The Kier molecular flexibility index (Phi) is 5.50. The van der Waals surface area contributed by atoms with Crippen LogP contribution in [0.2, 0.25) is 0 Å². The highest BCUT2D eigenvalue weighted by Gasteiger charge is 2.14.